The van der Waals surface area contributed by atoms with Crippen LogP contribution in [0.3, 0.4) is 0 Å². The van der Waals surface area contributed by atoms with E-state index in [1.807, 2.05) is 0 Å². The summed E-state index contributed by atoms with van der Waals surface area (Å²) in [6.45, 7) is 6.70. The molecule has 0 fully saturated rings. The Morgan fingerprint density at radius 1 is 1.67 bits per heavy atom. The maximum atomic E-state index is 10.4. The summed E-state index contributed by atoms with van der Waals surface area (Å²) in [6.07, 6.45) is 6.28. The number of hydrogen-bond donors (Lipinski definition) is 0. The second-order valence-electron chi connectivity index (χ2n) is 4.55. The Morgan fingerprint density at radius 3 is 2.83 bits per heavy atom. The van der Waals surface area contributed by atoms with Gasteiger partial charge < -0.3 is 4.79 Å². The van der Waals surface area contributed by atoms with Gasteiger partial charge in [-0.2, -0.15) is 0 Å². The fourth-order valence-corrected chi connectivity index (χ4v) is 2.13. The van der Waals surface area contributed by atoms with Gasteiger partial charge in [-0.3, -0.25) is 0 Å². The van der Waals surface area contributed by atoms with Crippen molar-refractivity contribution >= 4 is 6.29 Å². The zero-order valence-electron chi connectivity index (χ0n) is 8.26. The maximum Gasteiger partial charge on any atom is 0.120 e. The number of allylic oxidation sites excluding steroid dienone is 2. The molecule has 0 saturated heterocycles. The van der Waals surface area contributed by atoms with Crippen LogP contribution >= 0.6 is 0 Å². The normalized spacial score (nSPS) is 27.9. The summed E-state index contributed by atoms with van der Waals surface area (Å²) in [5.41, 5.74) is 1.79. The lowest BCUT2D eigenvalue weighted by Crippen LogP contribution is -2.27. The molecule has 0 amide bonds. The van der Waals surface area contributed by atoms with Crippen LogP contribution in [0.2, 0.25) is 0 Å². The topological polar surface area (TPSA) is 17.1 Å². The minimum atomic E-state index is 0.319. The molecule has 0 aromatic rings. The second kappa shape index (κ2) is 3.42. The molecular formula is C11H18O. The van der Waals surface area contributed by atoms with Gasteiger partial charge in [-0.05, 0) is 31.1 Å². The van der Waals surface area contributed by atoms with E-state index in [0.29, 0.717) is 11.3 Å². The monoisotopic (exact) mass is 166 g/mol. The van der Waals surface area contributed by atoms with Crippen LogP contribution in [0.1, 0.15) is 40.0 Å². The summed E-state index contributed by atoms with van der Waals surface area (Å²) in [6, 6.07) is 0. The Kier molecular flexibility index (Phi) is 2.71. The zero-order chi connectivity index (χ0) is 9.19. The Labute approximate surface area is 74.9 Å². The van der Waals surface area contributed by atoms with E-state index < -0.39 is 0 Å². The molecule has 1 aliphatic carbocycles. The molecule has 1 aliphatic rings. The summed E-state index contributed by atoms with van der Waals surface area (Å²) in [5.74, 6) is 0.554. The lowest BCUT2D eigenvalue weighted by Gasteiger charge is -2.36. The summed E-state index contributed by atoms with van der Waals surface area (Å²) in [4.78, 5) is 10.4. The van der Waals surface area contributed by atoms with E-state index in [0.717, 1.165) is 25.5 Å². The lowest BCUT2D eigenvalue weighted by atomic mass is 9.68. The predicted octanol–water partition coefficient (Wildman–Crippen LogP) is 2.96. The molecule has 1 heteroatoms. The summed E-state index contributed by atoms with van der Waals surface area (Å²) >= 11 is 0. The van der Waals surface area contributed by atoms with Crippen molar-refractivity contribution in [2.75, 3.05) is 0 Å². The molecule has 0 aliphatic heterocycles. The third kappa shape index (κ3) is 1.96. The first kappa shape index (κ1) is 9.50. The van der Waals surface area contributed by atoms with Gasteiger partial charge in [0.1, 0.15) is 6.29 Å². The highest BCUT2D eigenvalue weighted by Gasteiger charge is 2.31. The molecule has 68 valence electrons. The van der Waals surface area contributed by atoms with Gasteiger partial charge in [-0.15, -0.1) is 0 Å². The molecule has 0 bridgehead atoms. The molecule has 1 unspecified atom stereocenters. The quantitative estimate of drug-likeness (QED) is 0.455. The Hall–Kier alpha value is -0.590. The number of carbonyl (C=O) groups is 1. The number of hydrogen-bond acceptors (Lipinski definition) is 1. The zero-order valence-corrected chi connectivity index (χ0v) is 8.26. The molecule has 1 atom stereocenters. The van der Waals surface area contributed by atoms with Crippen molar-refractivity contribution in [2.45, 2.75) is 40.0 Å². The first-order chi connectivity index (χ1) is 5.56. The van der Waals surface area contributed by atoms with Gasteiger partial charge in [0.25, 0.3) is 0 Å². The smallest absolute Gasteiger partial charge is 0.120 e. The van der Waals surface area contributed by atoms with E-state index in [1.165, 1.54) is 5.57 Å². The van der Waals surface area contributed by atoms with Crippen molar-refractivity contribution in [2.24, 2.45) is 11.3 Å². The van der Waals surface area contributed by atoms with Gasteiger partial charge in [-0.25, -0.2) is 0 Å². The standard InChI is InChI=1S/C11H18O/c1-9-4-5-10(6-7-12)11(2,3)8-9/h4,7,10H,5-6,8H2,1-3H3. The van der Waals surface area contributed by atoms with Crippen molar-refractivity contribution in [1.29, 1.82) is 0 Å². The van der Waals surface area contributed by atoms with E-state index >= 15 is 0 Å². The maximum absolute atomic E-state index is 10.4. The third-order valence-electron chi connectivity index (χ3n) is 2.97. The van der Waals surface area contributed by atoms with E-state index in [-0.39, 0.29) is 0 Å². The minimum absolute atomic E-state index is 0.319. The highest BCUT2D eigenvalue weighted by Crippen LogP contribution is 2.41. The van der Waals surface area contributed by atoms with Crippen LogP contribution < -0.4 is 0 Å². The Bertz CT molecular complexity index is 201. The molecule has 1 nitrogen and oxygen atoms in total. The largest absolute Gasteiger partial charge is 0.303 e. The first-order valence-electron chi connectivity index (χ1n) is 4.65. The van der Waals surface area contributed by atoms with Crippen LogP contribution in [0.15, 0.2) is 11.6 Å². The molecule has 0 aromatic heterocycles. The van der Waals surface area contributed by atoms with E-state index in [1.54, 1.807) is 0 Å². The van der Waals surface area contributed by atoms with Crippen LogP contribution in [-0.2, 0) is 4.79 Å². The molecule has 0 N–H and O–H groups in total. The van der Waals surface area contributed by atoms with Crippen molar-refractivity contribution < 1.29 is 4.79 Å². The first-order valence-corrected chi connectivity index (χ1v) is 4.65. The minimum Gasteiger partial charge on any atom is -0.303 e. The average Bonchev–Trinajstić information content (AvgIpc) is 1.94. The average molecular weight is 166 g/mol. The van der Waals surface area contributed by atoms with Crippen LogP contribution in [0.25, 0.3) is 0 Å². The summed E-state index contributed by atoms with van der Waals surface area (Å²) in [5, 5.41) is 0. The van der Waals surface area contributed by atoms with Crippen molar-refractivity contribution in [3.63, 3.8) is 0 Å². The highest BCUT2D eigenvalue weighted by molar-refractivity contribution is 5.50. The molecule has 0 heterocycles. The second-order valence-corrected chi connectivity index (χ2v) is 4.55. The summed E-state index contributed by atoms with van der Waals surface area (Å²) < 4.78 is 0. The van der Waals surface area contributed by atoms with Crippen molar-refractivity contribution in [3.05, 3.63) is 11.6 Å². The highest BCUT2D eigenvalue weighted by atomic mass is 16.1. The van der Waals surface area contributed by atoms with Crippen LogP contribution in [-0.4, -0.2) is 6.29 Å². The van der Waals surface area contributed by atoms with Gasteiger partial charge in [-0.1, -0.05) is 25.5 Å². The van der Waals surface area contributed by atoms with Gasteiger partial charge in [0, 0.05) is 6.42 Å². The molecule has 0 radical (unpaired) electrons. The molecule has 0 spiro atoms. The number of carbonyl (C=O) groups excluding carboxylic acids is 1. The Balaban J connectivity index is 2.70. The SMILES string of the molecule is CC1=CCC(CC=O)C(C)(C)C1. The summed E-state index contributed by atoms with van der Waals surface area (Å²) in [7, 11) is 0. The molecule has 0 aromatic carbocycles. The van der Waals surface area contributed by atoms with Crippen LogP contribution in [0.5, 0.6) is 0 Å². The fourth-order valence-electron chi connectivity index (χ4n) is 2.13. The van der Waals surface area contributed by atoms with E-state index in [9.17, 15) is 4.79 Å². The molecular weight excluding hydrogens is 148 g/mol. The van der Waals surface area contributed by atoms with E-state index in [4.69, 9.17) is 0 Å². The lowest BCUT2D eigenvalue weighted by molar-refractivity contribution is -0.109. The van der Waals surface area contributed by atoms with E-state index in [2.05, 4.69) is 26.8 Å². The number of rotatable bonds is 2. The van der Waals surface area contributed by atoms with Gasteiger partial charge in [0.05, 0.1) is 0 Å². The Morgan fingerprint density at radius 2 is 2.33 bits per heavy atom. The van der Waals surface area contributed by atoms with Crippen LogP contribution in [0.4, 0.5) is 0 Å². The van der Waals surface area contributed by atoms with Crippen LogP contribution in [0, 0.1) is 11.3 Å². The van der Waals surface area contributed by atoms with Crippen molar-refractivity contribution in [1.82, 2.24) is 0 Å². The molecule has 12 heavy (non-hydrogen) atoms. The molecule has 0 saturated carbocycles. The molecule has 1 rings (SSSR count). The fraction of sp³-hybridized carbons (Fsp3) is 0.727. The van der Waals surface area contributed by atoms with Crippen molar-refractivity contribution in [3.8, 4) is 0 Å². The van der Waals surface area contributed by atoms with Gasteiger partial charge in [0.2, 0.25) is 0 Å². The predicted molar refractivity (Wildman–Crippen MR) is 50.9 cm³/mol. The third-order valence-corrected chi connectivity index (χ3v) is 2.97. The van der Waals surface area contributed by atoms with Gasteiger partial charge >= 0.3 is 0 Å². The van der Waals surface area contributed by atoms with Gasteiger partial charge in [0.15, 0.2) is 0 Å². The number of aldehydes is 1.